The average Bonchev–Trinajstić information content (AvgIpc) is 3.36. The van der Waals surface area contributed by atoms with Gasteiger partial charge in [0.15, 0.2) is 16.6 Å². The van der Waals surface area contributed by atoms with Crippen molar-refractivity contribution < 1.29 is 14.2 Å². The molecule has 0 aliphatic carbocycles. The van der Waals surface area contributed by atoms with Gasteiger partial charge in [-0.15, -0.1) is 0 Å². The fourth-order valence-corrected chi connectivity index (χ4v) is 4.34. The summed E-state index contributed by atoms with van der Waals surface area (Å²) in [5, 5.41) is 4.30. The average molecular weight is 392 g/mol. The zero-order valence-electron chi connectivity index (χ0n) is 16.0. The number of thiocarbonyl (C=S) groups is 1. The molecule has 1 atom stereocenters. The molecule has 0 saturated carbocycles. The van der Waals surface area contributed by atoms with Crippen molar-refractivity contribution in [3.8, 4) is 11.5 Å². The Hall–Kier alpha value is -1.57. The van der Waals surface area contributed by atoms with Crippen LogP contribution in [0.25, 0.3) is 0 Å². The van der Waals surface area contributed by atoms with E-state index in [1.165, 1.54) is 0 Å². The third kappa shape index (κ3) is 4.65. The van der Waals surface area contributed by atoms with Gasteiger partial charge in [-0.25, -0.2) is 0 Å². The Bertz CT molecular complexity index is 658. The molecule has 0 bridgehead atoms. The van der Waals surface area contributed by atoms with Gasteiger partial charge in [0.2, 0.25) is 6.79 Å². The summed E-state index contributed by atoms with van der Waals surface area (Å²) in [5.74, 6) is 1.62. The molecule has 7 heteroatoms. The van der Waals surface area contributed by atoms with Gasteiger partial charge in [0, 0.05) is 25.7 Å². The molecule has 1 unspecified atom stereocenters. The van der Waals surface area contributed by atoms with Gasteiger partial charge in [0.1, 0.15) is 0 Å². The summed E-state index contributed by atoms with van der Waals surface area (Å²) in [5.41, 5.74) is 1.14. The monoisotopic (exact) mass is 391 g/mol. The zero-order chi connectivity index (χ0) is 18.6. The molecule has 2 saturated heterocycles. The largest absolute Gasteiger partial charge is 0.454 e. The van der Waals surface area contributed by atoms with E-state index >= 15 is 0 Å². The molecular weight excluding hydrogens is 362 g/mol. The number of hydrogen-bond acceptors (Lipinski definition) is 5. The standard InChI is InChI=1S/C20H29N3O3S/c1-22-8-6-16(7-9-22)23(13-17-3-2-10-24-17)20(27)21-12-15-4-5-18-19(11-15)26-14-25-18/h4-5,11,16-17H,2-3,6-10,12-14H2,1H3,(H,21,27). The molecule has 1 aromatic rings. The number of nitrogens with one attached hydrogen (secondary N) is 1. The Labute approximate surface area is 166 Å². The summed E-state index contributed by atoms with van der Waals surface area (Å²) in [6.07, 6.45) is 4.89. The smallest absolute Gasteiger partial charge is 0.231 e. The van der Waals surface area contributed by atoms with Gasteiger partial charge in [0.05, 0.1) is 6.10 Å². The molecule has 3 aliphatic rings. The highest BCUT2D eigenvalue weighted by molar-refractivity contribution is 7.80. The number of likely N-dealkylation sites (tertiary alicyclic amines) is 1. The van der Waals surface area contributed by atoms with Crippen molar-refractivity contribution in [1.82, 2.24) is 15.1 Å². The predicted octanol–water partition coefficient (Wildman–Crippen LogP) is 2.36. The van der Waals surface area contributed by atoms with Gasteiger partial charge in [-0.1, -0.05) is 6.07 Å². The van der Waals surface area contributed by atoms with Crippen molar-refractivity contribution in [2.45, 2.75) is 44.4 Å². The summed E-state index contributed by atoms with van der Waals surface area (Å²) in [6.45, 7) is 5.00. The van der Waals surface area contributed by atoms with Crippen LogP contribution in [0.4, 0.5) is 0 Å². The van der Waals surface area contributed by atoms with E-state index in [0.29, 0.717) is 25.5 Å². The van der Waals surface area contributed by atoms with Gasteiger partial charge in [0.25, 0.3) is 0 Å². The van der Waals surface area contributed by atoms with Crippen LogP contribution in [0.15, 0.2) is 18.2 Å². The van der Waals surface area contributed by atoms with Crippen LogP contribution in [-0.2, 0) is 11.3 Å². The summed E-state index contributed by atoms with van der Waals surface area (Å²) in [6, 6.07) is 6.53. The fourth-order valence-electron chi connectivity index (χ4n) is 4.04. The molecule has 27 heavy (non-hydrogen) atoms. The molecule has 0 amide bonds. The summed E-state index contributed by atoms with van der Waals surface area (Å²) in [4.78, 5) is 4.77. The summed E-state index contributed by atoms with van der Waals surface area (Å²) in [7, 11) is 2.19. The molecule has 4 rings (SSSR count). The summed E-state index contributed by atoms with van der Waals surface area (Å²) >= 11 is 5.81. The number of ether oxygens (including phenoxy) is 3. The van der Waals surface area contributed by atoms with Crippen LogP contribution in [0.2, 0.25) is 0 Å². The van der Waals surface area contributed by atoms with Crippen LogP contribution < -0.4 is 14.8 Å². The number of piperidine rings is 1. The predicted molar refractivity (Wildman–Crippen MR) is 108 cm³/mol. The topological polar surface area (TPSA) is 46.2 Å². The maximum absolute atomic E-state index is 5.89. The van der Waals surface area contributed by atoms with Gasteiger partial charge < -0.3 is 29.3 Å². The van der Waals surface area contributed by atoms with E-state index in [9.17, 15) is 0 Å². The van der Waals surface area contributed by atoms with E-state index in [2.05, 4.69) is 28.2 Å². The number of nitrogens with zero attached hydrogens (tertiary/aromatic N) is 2. The second kappa shape index (κ2) is 8.63. The van der Waals surface area contributed by atoms with Crippen molar-refractivity contribution in [3.05, 3.63) is 23.8 Å². The summed E-state index contributed by atoms with van der Waals surface area (Å²) < 4.78 is 16.7. The first-order valence-corrected chi connectivity index (χ1v) is 10.3. The molecule has 148 valence electrons. The molecule has 3 heterocycles. The third-order valence-corrected chi connectivity index (χ3v) is 6.07. The Balaban J connectivity index is 1.38. The lowest BCUT2D eigenvalue weighted by Crippen LogP contribution is -2.52. The second-order valence-corrected chi connectivity index (χ2v) is 8.05. The van der Waals surface area contributed by atoms with Crippen molar-refractivity contribution in [3.63, 3.8) is 0 Å². The first-order valence-electron chi connectivity index (χ1n) is 9.92. The van der Waals surface area contributed by atoms with Crippen molar-refractivity contribution >= 4 is 17.3 Å². The van der Waals surface area contributed by atoms with Crippen LogP contribution in [0.3, 0.4) is 0 Å². The van der Waals surface area contributed by atoms with Crippen LogP contribution in [0.1, 0.15) is 31.2 Å². The quantitative estimate of drug-likeness (QED) is 0.773. The Morgan fingerprint density at radius 3 is 2.81 bits per heavy atom. The maximum Gasteiger partial charge on any atom is 0.231 e. The number of fused-ring (bicyclic) bond motifs is 1. The highest BCUT2D eigenvalue weighted by Crippen LogP contribution is 2.32. The van der Waals surface area contributed by atoms with Crippen LogP contribution in [0.5, 0.6) is 11.5 Å². The van der Waals surface area contributed by atoms with Crippen molar-refractivity contribution in [2.75, 3.05) is 40.1 Å². The van der Waals surface area contributed by atoms with Crippen molar-refractivity contribution in [1.29, 1.82) is 0 Å². The molecule has 1 N–H and O–H groups in total. The SMILES string of the molecule is CN1CCC(N(CC2CCCO2)C(=S)NCc2ccc3c(c2)OCO3)CC1. The minimum Gasteiger partial charge on any atom is -0.454 e. The van der Waals surface area contributed by atoms with Gasteiger partial charge in [-0.3, -0.25) is 0 Å². The number of hydrogen-bond donors (Lipinski definition) is 1. The first-order chi connectivity index (χ1) is 13.2. The highest BCUT2D eigenvalue weighted by Gasteiger charge is 2.28. The normalized spacial score (nSPS) is 22.8. The molecule has 6 nitrogen and oxygen atoms in total. The van der Waals surface area contributed by atoms with Crippen molar-refractivity contribution in [2.24, 2.45) is 0 Å². The lowest BCUT2D eigenvalue weighted by Gasteiger charge is -2.40. The first kappa shape index (κ1) is 18.8. The van der Waals surface area contributed by atoms with E-state index in [4.69, 9.17) is 26.4 Å². The lowest BCUT2D eigenvalue weighted by atomic mass is 10.0. The second-order valence-electron chi connectivity index (χ2n) is 7.67. The molecule has 0 radical (unpaired) electrons. The molecule has 1 aromatic carbocycles. The molecule has 2 fully saturated rings. The van der Waals surface area contributed by atoms with Gasteiger partial charge in [-0.05, 0) is 75.7 Å². The van der Waals surface area contributed by atoms with E-state index in [-0.39, 0.29) is 0 Å². The molecule has 0 spiro atoms. The van der Waals surface area contributed by atoms with Gasteiger partial charge in [-0.2, -0.15) is 0 Å². The van der Waals surface area contributed by atoms with E-state index in [1.54, 1.807) is 0 Å². The van der Waals surface area contributed by atoms with Crippen LogP contribution in [-0.4, -0.2) is 67.1 Å². The molecule has 0 aromatic heterocycles. The number of rotatable bonds is 5. The third-order valence-electron chi connectivity index (χ3n) is 5.69. The lowest BCUT2D eigenvalue weighted by molar-refractivity contribution is 0.0712. The maximum atomic E-state index is 5.89. The Morgan fingerprint density at radius 2 is 2.04 bits per heavy atom. The van der Waals surface area contributed by atoms with E-state index in [1.807, 2.05) is 12.1 Å². The van der Waals surface area contributed by atoms with Crippen LogP contribution in [0, 0.1) is 0 Å². The molecular formula is C20H29N3O3S. The highest BCUT2D eigenvalue weighted by atomic mass is 32.1. The minimum atomic E-state index is 0.301. The van der Waals surface area contributed by atoms with Gasteiger partial charge >= 0.3 is 0 Å². The molecule has 3 aliphatic heterocycles. The number of benzene rings is 1. The van der Waals surface area contributed by atoms with E-state index in [0.717, 1.165) is 74.1 Å². The fraction of sp³-hybridized carbons (Fsp3) is 0.650. The van der Waals surface area contributed by atoms with Crippen LogP contribution >= 0.6 is 12.2 Å². The van der Waals surface area contributed by atoms with E-state index < -0.39 is 0 Å². The zero-order valence-corrected chi connectivity index (χ0v) is 16.8. The Morgan fingerprint density at radius 1 is 1.22 bits per heavy atom. The minimum absolute atomic E-state index is 0.301. The Kier molecular flexibility index (Phi) is 6.00.